The lowest BCUT2D eigenvalue weighted by Gasteiger charge is -2.13. The van der Waals surface area contributed by atoms with E-state index in [1.807, 2.05) is 13.8 Å². The molecular weight excluding hydrogens is 158 g/mol. The van der Waals surface area contributed by atoms with Gasteiger partial charge in [-0.1, -0.05) is 51.5 Å². The molecule has 0 fully saturated rings. The second-order valence-electron chi connectivity index (χ2n) is 4.46. The summed E-state index contributed by atoms with van der Waals surface area (Å²) in [6.07, 6.45) is 7.88. The largest absolute Gasteiger partial charge is 0.312 e. The van der Waals surface area contributed by atoms with Gasteiger partial charge in [0.15, 0.2) is 0 Å². The SMILES string of the molecule is CC(/C=C\C(C)C)=C/C(C)(C)C=N. The highest BCUT2D eigenvalue weighted by atomic mass is 14.4. The van der Waals surface area contributed by atoms with Crippen LogP contribution >= 0.6 is 0 Å². The Balaban J connectivity index is 4.41. The van der Waals surface area contributed by atoms with Gasteiger partial charge in [0.1, 0.15) is 0 Å². The van der Waals surface area contributed by atoms with Crippen molar-refractivity contribution in [3.63, 3.8) is 0 Å². The van der Waals surface area contributed by atoms with Gasteiger partial charge in [0, 0.05) is 11.6 Å². The van der Waals surface area contributed by atoms with Crippen LogP contribution in [-0.2, 0) is 0 Å². The molecule has 0 aliphatic carbocycles. The normalized spacial score (nSPS) is 14.2. The first-order chi connectivity index (χ1) is 5.87. The third kappa shape index (κ3) is 6.32. The summed E-state index contributed by atoms with van der Waals surface area (Å²) in [5, 5.41) is 7.22. The highest BCUT2D eigenvalue weighted by Gasteiger charge is 2.09. The maximum atomic E-state index is 7.22. The summed E-state index contributed by atoms with van der Waals surface area (Å²) >= 11 is 0. The van der Waals surface area contributed by atoms with E-state index in [0.29, 0.717) is 5.92 Å². The maximum absolute atomic E-state index is 7.22. The smallest absolute Gasteiger partial charge is 0.0177 e. The van der Waals surface area contributed by atoms with Crippen LogP contribution in [-0.4, -0.2) is 6.21 Å². The maximum Gasteiger partial charge on any atom is 0.0177 e. The van der Waals surface area contributed by atoms with Crippen molar-refractivity contribution in [1.82, 2.24) is 0 Å². The summed E-state index contributed by atoms with van der Waals surface area (Å²) in [6, 6.07) is 0. The van der Waals surface area contributed by atoms with Crippen molar-refractivity contribution in [2.75, 3.05) is 0 Å². The van der Waals surface area contributed by atoms with Gasteiger partial charge in [0.05, 0.1) is 0 Å². The van der Waals surface area contributed by atoms with Crippen LogP contribution in [0.1, 0.15) is 34.6 Å². The Morgan fingerprint density at radius 1 is 1.31 bits per heavy atom. The van der Waals surface area contributed by atoms with Crippen LogP contribution in [0.5, 0.6) is 0 Å². The summed E-state index contributed by atoms with van der Waals surface area (Å²) in [7, 11) is 0. The molecule has 0 unspecified atom stereocenters. The number of hydrogen-bond donors (Lipinski definition) is 1. The van der Waals surface area contributed by atoms with Crippen LogP contribution in [0.2, 0.25) is 0 Å². The lowest BCUT2D eigenvalue weighted by Crippen LogP contribution is -2.08. The summed E-state index contributed by atoms with van der Waals surface area (Å²) in [4.78, 5) is 0. The molecule has 0 aromatic carbocycles. The molecule has 0 atom stereocenters. The number of rotatable bonds is 4. The summed E-state index contributed by atoms with van der Waals surface area (Å²) < 4.78 is 0. The number of hydrogen-bond acceptors (Lipinski definition) is 1. The number of nitrogens with one attached hydrogen (secondary N) is 1. The van der Waals surface area contributed by atoms with Gasteiger partial charge in [-0.2, -0.15) is 0 Å². The topological polar surface area (TPSA) is 23.9 Å². The highest BCUT2D eigenvalue weighted by molar-refractivity contribution is 5.64. The van der Waals surface area contributed by atoms with E-state index in [1.54, 1.807) is 0 Å². The monoisotopic (exact) mass is 179 g/mol. The van der Waals surface area contributed by atoms with E-state index >= 15 is 0 Å². The van der Waals surface area contributed by atoms with Crippen molar-refractivity contribution in [2.24, 2.45) is 11.3 Å². The van der Waals surface area contributed by atoms with Gasteiger partial charge in [-0.3, -0.25) is 0 Å². The highest BCUT2D eigenvalue weighted by Crippen LogP contribution is 2.16. The summed E-state index contributed by atoms with van der Waals surface area (Å²) in [6.45, 7) is 10.5. The molecule has 1 N–H and O–H groups in total. The average molecular weight is 179 g/mol. The Kier molecular flexibility index (Phi) is 4.68. The van der Waals surface area contributed by atoms with Gasteiger partial charge in [-0.15, -0.1) is 0 Å². The molecule has 0 heterocycles. The number of allylic oxidation sites excluding steroid dienone is 4. The van der Waals surface area contributed by atoms with Crippen molar-refractivity contribution < 1.29 is 0 Å². The van der Waals surface area contributed by atoms with Crippen LogP contribution in [0.4, 0.5) is 0 Å². The third-order valence-electron chi connectivity index (χ3n) is 1.72. The van der Waals surface area contributed by atoms with E-state index in [4.69, 9.17) is 5.41 Å². The van der Waals surface area contributed by atoms with E-state index in [-0.39, 0.29) is 5.41 Å². The second kappa shape index (κ2) is 5.00. The van der Waals surface area contributed by atoms with Crippen LogP contribution in [0.3, 0.4) is 0 Å². The third-order valence-corrected chi connectivity index (χ3v) is 1.72. The molecule has 0 saturated carbocycles. The van der Waals surface area contributed by atoms with E-state index < -0.39 is 0 Å². The Hall–Kier alpha value is -0.850. The van der Waals surface area contributed by atoms with E-state index in [9.17, 15) is 0 Å². The molecule has 0 amide bonds. The lowest BCUT2D eigenvalue weighted by atomic mass is 9.92. The van der Waals surface area contributed by atoms with Gasteiger partial charge >= 0.3 is 0 Å². The molecule has 13 heavy (non-hydrogen) atoms. The Bertz CT molecular complexity index is 219. The van der Waals surface area contributed by atoms with Gasteiger partial charge in [-0.25, -0.2) is 0 Å². The van der Waals surface area contributed by atoms with Crippen molar-refractivity contribution >= 4 is 6.21 Å². The first-order valence-corrected chi connectivity index (χ1v) is 4.76. The molecule has 1 heteroatoms. The first kappa shape index (κ1) is 12.2. The molecule has 0 aliphatic heterocycles. The average Bonchev–Trinajstić information content (AvgIpc) is 2.00. The standard InChI is InChI=1S/C12H21N/c1-10(2)6-7-11(3)8-12(4,5)9-13/h6-10,13H,1-5H3/b7-6-,11-8-,13-9?. The van der Waals surface area contributed by atoms with Crippen LogP contribution in [0, 0.1) is 16.7 Å². The fourth-order valence-electron chi connectivity index (χ4n) is 1.02. The van der Waals surface area contributed by atoms with E-state index in [1.165, 1.54) is 11.8 Å². The predicted molar refractivity (Wildman–Crippen MR) is 60.3 cm³/mol. The molecule has 0 aromatic heterocycles. The molecule has 0 aromatic rings. The minimum absolute atomic E-state index is 0.120. The molecule has 0 aliphatic rings. The molecular formula is C12H21N. The van der Waals surface area contributed by atoms with Gasteiger partial charge in [0.25, 0.3) is 0 Å². The Morgan fingerprint density at radius 2 is 1.85 bits per heavy atom. The van der Waals surface area contributed by atoms with Crippen molar-refractivity contribution in [3.8, 4) is 0 Å². The van der Waals surface area contributed by atoms with Crippen LogP contribution in [0.25, 0.3) is 0 Å². The Labute approximate surface area is 82.1 Å². The van der Waals surface area contributed by atoms with Gasteiger partial charge < -0.3 is 5.41 Å². The molecule has 0 radical (unpaired) electrons. The molecule has 0 bridgehead atoms. The van der Waals surface area contributed by atoms with Gasteiger partial charge in [-0.05, 0) is 12.8 Å². The fraction of sp³-hybridized carbons (Fsp3) is 0.583. The van der Waals surface area contributed by atoms with Crippen LogP contribution in [0.15, 0.2) is 23.8 Å². The minimum atomic E-state index is -0.120. The Morgan fingerprint density at radius 3 is 2.23 bits per heavy atom. The first-order valence-electron chi connectivity index (χ1n) is 4.76. The molecule has 0 spiro atoms. The summed E-state index contributed by atoms with van der Waals surface area (Å²) in [5.74, 6) is 0.589. The van der Waals surface area contributed by atoms with E-state index in [2.05, 4.69) is 39.0 Å². The minimum Gasteiger partial charge on any atom is -0.312 e. The fourth-order valence-corrected chi connectivity index (χ4v) is 1.02. The van der Waals surface area contributed by atoms with Crippen molar-refractivity contribution in [2.45, 2.75) is 34.6 Å². The quantitative estimate of drug-likeness (QED) is 0.501. The molecule has 74 valence electrons. The zero-order chi connectivity index (χ0) is 10.5. The molecule has 0 rings (SSSR count). The zero-order valence-corrected chi connectivity index (χ0v) is 9.39. The molecule has 0 saturated heterocycles. The molecule has 1 nitrogen and oxygen atoms in total. The second-order valence-corrected chi connectivity index (χ2v) is 4.46. The van der Waals surface area contributed by atoms with Crippen molar-refractivity contribution in [1.29, 1.82) is 5.41 Å². The zero-order valence-electron chi connectivity index (χ0n) is 9.39. The van der Waals surface area contributed by atoms with Crippen molar-refractivity contribution in [3.05, 3.63) is 23.8 Å². The summed E-state index contributed by atoms with van der Waals surface area (Å²) in [5.41, 5.74) is 1.10. The van der Waals surface area contributed by atoms with Crippen LogP contribution < -0.4 is 0 Å². The lowest BCUT2D eigenvalue weighted by molar-refractivity contribution is 0.685. The van der Waals surface area contributed by atoms with E-state index in [0.717, 1.165) is 0 Å². The van der Waals surface area contributed by atoms with Gasteiger partial charge in [0.2, 0.25) is 0 Å². The predicted octanol–water partition coefficient (Wildman–Crippen LogP) is 3.82.